The minimum absolute atomic E-state index is 0.177. The molecule has 2 aliphatic rings. The average molecular weight is 469 g/mol. The molecule has 1 aromatic carbocycles. The Labute approximate surface area is 197 Å². The second-order valence-corrected chi connectivity index (χ2v) is 8.76. The number of nitrogens with one attached hydrogen (secondary N) is 2. The molecule has 4 heterocycles. The Balaban J connectivity index is 1.12. The molecule has 0 unspecified atom stereocenters. The highest BCUT2D eigenvalue weighted by molar-refractivity contribution is 5.81. The third-order valence-corrected chi connectivity index (χ3v) is 6.54. The highest BCUT2D eigenvalue weighted by Crippen LogP contribution is 2.29. The van der Waals surface area contributed by atoms with E-state index in [4.69, 9.17) is 14.2 Å². The van der Waals surface area contributed by atoms with Crippen molar-refractivity contribution in [1.82, 2.24) is 20.2 Å². The van der Waals surface area contributed by atoms with Crippen LogP contribution in [0.25, 0.3) is 10.9 Å². The van der Waals surface area contributed by atoms with Crippen LogP contribution < -0.4 is 25.1 Å². The highest BCUT2D eigenvalue weighted by Gasteiger charge is 2.20. The van der Waals surface area contributed by atoms with Gasteiger partial charge in [0.2, 0.25) is 0 Å². The lowest BCUT2D eigenvalue weighted by Crippen LogP contribution is -2.43. The minimum Gasteiger partial charge on any atom is -0.497 e. The summed E-state index contributed by atoms with van der Waals surface area (Å²) in [5.41, 5.74) is 1.81. The molecule has 1 fully saturated rings. The van der Waals surface area contributed by atoms with Crippen molar-refractivity contribution in [3.8, 4) is 17.2 Å². The lowest BCUT2D eigenvalue weighted by molar-refractivity contribution is 0.170. The fourth-order valence-corrected chi connectivity index (χ4v) is 4.56. The number of aromatic amines is 1. The fraction of sp³-hybridized carbons (Fsp3) is 0.440. The van der Waals surface area contributed by atoms with Crippen LogP contribution in [-0.2, 0) is 13.0 Å². The first-order valence-electron chi connectivity index (χ1n) is 11.7. The summed E-state index contributed by atoms with van der Waals surface area (Å²) in [4.78, 5) is 22.1. The molecule has 1 saturated heterocycles. The van der Waals surface area contributed by atoms with Gasteiger partial charge in [-0.1, -0.05) is 0 Å². The van der Waals surface area contributed by atoms with E-state index in [1.807, 2.05) is 6.07 Å². The Morgan fingerprint density at radius 1 is 1.18 bits per heavy atom. The van der Waals surface area contributed by atoms with Gasteiger partial charge in [-0.15, -0.1) is 0 Å². The Kier molecular flexibility index (Phi) is 6.64. The second kappa shape index (κ2) is 9.99. The quantitative estimate of drug-likeness (QED) is 0.551. The van der Waals surface area contributed by atoms with Crippen LogP contribution in [0.1, 0.15) is 24.1 Å². The monoisotopic (exact) mass is 468 g/mol. The SMILES string of the molecule is COc1cc(F)c2cc(CCN3CCC(NCc4cc5c(cn4)OCCO5)CC3)c(=O)[nH]c2c1. The molecule has 0 bridgehead atoms. The molecule has 2 aromatic heterocycles. The molecule has 2 N–H and O–H groups in total. The van der Waals surface area contributed by atoms with Crippen LogP contribution >= 0.6 is 0 Å². The number of pyridine rings is 2. The van der Waals surface area contributed by atoms with Crippen LogP contribution in [0.3, 0.4) is 0 Å². The van der Waals surface area contributed by atoms with Gasteiger partial charge in [-0.25, -0.2) is 4.39 Å². The molecule has 0 amide bonds. The van der Waals surface area contributed by atoms with Gasteiger partial charge in [-0.3, -0.25) is 9.78 Å². The van der Waals surface area contributed by atoms with Gasteiger partial charge >= 0.3 is 0 Å². The summed E-state index contributed by atoms with van der Waals surface area (Å²) in [5.74, 6) is 1.45. The van der Waals surface area contributed by atoms with Crippen molar-refractivity contribution in [2.75, 3.05) is 40.0 Å². The largest absolute Gasteiger partial charge is 0.497 e. The second-order valence-electron chi connectivity index (χ2n) is 8.76. The van der Waals surface area contributed by atoms with E-state index in [1.165, 1.54) is 13.2 Å². The molecule has 0 aliphatic carbocycles. The maximum Gasteiger partial charge on any atom is 0.251 e. The summed E-state index contributed by atoms with van der Waals surface area (Å²) in [6.07, 6.45) is 4.35. The van der Waals surface area contributed by atoms with Crippen LogP contribution in [-0.4, -0.2) is 60.9 Å². The third-order valence-electron chi connectivity index (χ3n) is 6.54. The number of aromatic nitrogens is 2. The first-order valence-corrected chi connectivity index (χ1v) is 11.7. The average Bonchev–Trinajstić information content (AvgIpc) is 2.86. The lowest BCUT2D eigenvalue weighted by atomic mass is 10.0. The predicted molar refractivity (Wildman–Crippen MR) is 126 cm³/mol. The molecule has 180 valence electrons. The van der Waals surface area contributed by atoms with Crippen LogP contribution in [0.2, 0.25) is 0 Å². The van der Waals surface area contributed by atoms with Crippen molar-refractivity contribution in [2.45, 2.75) is 31.8 Å². The number of ether oxygens (including phenoxy) is 3. The van der Waals surface area contributed by atoms with Gasteiger partial charge in [-0.05, 0) is 38.4 Å². The molecular weight excluding hydrogens is 439 g/mol. The predicted octanol–water partition coefficient (Wildman–Crippen LogP) is 2.64. The highest BCUT2D eigenvalue weighted by atomic mass is 19.1. The van der Waals surface area contributed by atoms with Crippen molar-refractivity contribution in [3.63, 3.8) is 0 Å². The molecule has 0 radical (unpaired) electrons. The van der Waals surface area contributed by atoms with Crippen LogP contribution in [0, 0.1) is 5.82 Å². The van der Waals surface area contributed by atoms with Crippen LogP contribution in [0.4, 0.5) is 4.39 Å². The normalized spacial score (nSPS) is 16.6. The standard InChI is InChI=1S/C25H29FN4O4/c1-32-19-12-21(26)20-10-16(25(31)29-22(20)13-19)2-5-30-6-3-17(4-7-30)27-14-18-11-23-24(15-28-18)34-9-8-33-23/h10-13,15,17,27H,2-9,14H2,1H3,(H,29,31). The first-order chi connectivity index (χ1) is 16.6. The molecule has 34 heavy (non-hydrogen) atoms. The van der Waals surface area contributed by atoms with E-state index in [1.54, 1.807) is 18.3 Å². The van der Waals surface area contributed by atoms with E-state index < -0.39 is 5.82 Å². The Morgan fingerprint density at radius 2 is 1.97 bits per heavy atom. The van der Waals surface area contributed by atoms with E-state index >= 15 is 0 Å². The van der Waals surface area contributed by atoms with E-state index in [0.717, 1.165) is 43.9 Å². The Morgan fingerprint density at radius 3 is 2.76 bits per heavy atom. The number of likely N-dealkylation sites (tertiary alicyclic amines) is 1. The number of fused-ring (bicyclic) bond motifs is 2. The van der Waals surface area contributed by atoms with E-state index in [9.17, 15) is 9.18 Å². The number of nitrogens with zero attached hydrogens (tertiary/aromatic N) is 2. The number of halogens is 1. The minimum atomic E-state index is -0.397. The van der Waals surface area contributed by atoms with Gasteiger partial charge in [0, 0.05) is 48.3 Å². The zero-order chi connectivity index (χ0) is 23.5. The molecule has 0 saturated carbocycles. The van der Waals surface area contributed by atoms with E-state index in [2.05, 4.69) is 20.2 Å². The summed E-state index contributed by atoms with van der Waals surface area (Å²) in [5, 5.41) is 4.00. The van der Waals surface area contributed by atoms with Gasteiger partial charge in [-0.2, -0.15) is 0 Å². The third kappa shape index (κ3) is 5.00. The molecule has 3 aromatic rings. The first kappa shape index (κ1) is 22.6. The van der Waals surface area contributed by atoms with Crippen LogP contribution in [0.5, 0.6) is 17.2 Å². The van der Waals surface area contributed by atoms with Crippen molar-refractivity contribution < 1.29 is 18.6 Å². The zero-order valence-electron chi connectivity index (χ0n) is 19.2. The van der Waals surface area contributed by atoms with Crippen molar-refractivity contribution in [1.29, 1.82) is 0 Å². The van der Waals surface area contributed by atoms with Crippen molar-refractivity contribution in [3.05, 3.63) is 57.9 Å². The summed E-state index contributed by atoms with van der Waals surface area (Å²) >= 11 is 0. The van der Waals surface area contributed by atoms with Gasteiger partial charge in [0.05, 0.1) is 24.5 Å². The molecule has 5 rings (SSSR count). The number of piperidine rings is 1. The Hall–Kier alpha value is -3.17. The molecule has 0 spiro atoms. The van der Waals surface area contributed by atoms with Crippen molar-refractivity contribution >= 4 is 10.9 Å². The fourth-order valence-electron chi connectivity index (χ4n) is 4.56. The maximum atomic E-state index is 14.4. The van der Waals surface area contributed by atoms with E-state index in [0.29, 0.717) is 60.2 Å². The summed E-state index contributed by atoms with van der Waals surface area (Å²) in [7, 11) is 1.47. The summed E-state index contributed by atoms with van der Waals surface area (Å²) in [6.45, 7) is 4.47. The Bertz CT molecular complexity index is 1220. The van der Waals surface area contributed by atoms with Gasteiger partial charge in [0.15, 0.2) is 11.5 Å². The number of hydrogen-bond acceptors (Lipinski definition) is 7. The lowest BCUT2D eigenvalue weighted by Gasteiger charge is -2.32. The van der Waals surface area contributed by atoms with Crippen LogP contribution in [0.15, 0.2) is 35.3 Å². The zero-order valence-corrected chi connectivity index (χ0v) is 19.2. The molecule has 8 nitrogen and oxygen atoms in total. The number of rotatable bonds is 7. The molecule has 2 aliphatic heterocycles. The summed E-state index contributed by atoms with van der Waals surface area (Å²) in [6, 6.07) is 7.00. The van der Waals surface area contributed by atoms with Crippen molar-refractivity contribution in [2.24, 2.45) is 0 Å². The smallest absolute Gasteiger partial charge is 0.251 e. The number of hydrogen-bond donors (Lipinski definition) is 2. The topological polar surface area (TPSA) is 88.7 Å². The number of benzene rings is 1. The van der Waals surface area contributed by atoms with Gasteiger partial charge < -0.3 is 29.4 Å². The maximum absolute atomic E-state index is 14.4. The van der Waals surface area contributed by atoms with Gasteiger partial charge in [0.1, 0.15) is 24.8 Å². The molecule has 9 heteroatoms. The molecule has 0 atom stereocenters. The van der Waals surface area contributed by atoms with Gasteiger partial charge in [0.25, 0.3) is 5.56 Å². The molecular formula is C25H29FN4O4. The van der Waals surface area contributed by atoms with E-state index in [-0.39, 0.29) is 5.56 Å². The number of methoxy groups -OCH3 is 1. The number of H-pyrrole nitrogens is 1. The summed E-state index contributed by atoms with van der Waals surface area (Å²) < 4.78 is 30.7.